The quantitative estimate of drug-likeness (QED) is 0.145. The number of halogens is 2. The van der Waals surface area contributed by atoms with E-state index in [2.05, 4.69) is 94.8 Å². The lowest BCUT2D eigenvalue weighted by atomic mass is 9.87. The molecule has 0 aliphatic carbocycles. The molecule has 42 heavy (non-hydrogen) atoms. The van der Waals surface area contributed by atoms with Gasteiger partial charge in [0.1, 0.15) is 5.75 Å². The molecule has 228 valence electrons. The van der Waals surface area contributed by atoms with Crippen molar-refractivity contribution < 1.29 is 36.0 Å². The molecule has 0 bridgehead atoms. The minimum Gasteiger partial charge on any atom is -0.743 e. The van der Waals surface area contributed by atoms with Crippen LogP contribution in [0, 0.1) is 13.8 Å². The van der Waals surface area contributed by atoms with Crippen LogP contribution in [-0.2, 0) is 41.4 Å². The summed E-state index contributed by atoms with van der Waals surface area (Å²) in [5.74, 6) is -0.840. The lowest BCUT2D eigenvalue weighted by Crippen LogP contribution is -2.35. The van der Waals surface area contributed by atoms with Crippen LogP contribution >= 0.6 is 0 Å². The normalized spacial score (nSPS) is 12.9. The van der Waals surface area contributed by atoms with E-state index in [9.17, 15) is 26.5 Å². The maximum atomic E-state index is 13.3. The van der Waals surface area contributed by atoms with Gasteiger partial charge in [-0.1, -0.05) is 65.8 Å². The third kappa shape index (κ3) is 8.11. The molecule has 0 N–H and O–H groups in total. The van der Waals surface area contributed by atoms with Crippen LogP contribution in [0.3, 0.4) is 0 Å². The van der Waals surface area contributed by atoms with Crippen LogP contribution in [0.15, 0.2) is 75.4 Å². The van der Waals surface area contributed by atoms with Gasteiger partial charge in [-0.3, -0.25) is 0 Å². The number of hydrogen-bond acceptors (Lipinski definition) is 6. The molecule has 6 nitrogen and oxygen atoms in total. The first-order valence-electron chi connectivity index (χ1n) is 13.4. The van der Waals surface area contributed by atoms with E-state index in [1.807, 2.05) is 26.0 Å². The van der Waals surface area contributed by atoms with Crippen LogP contribution in [0.5, 0.6) is 5.75 Å². The van der Waals surface area contributed by atoms with Gasteiger partial charge in [0.2, 0.25) is 0 Å². The van der Waals surface area contributed by atoms with Crippen molar-refractivity contribution in [3.8, 4) is 5.75 Å². The molecule has 0 aliphatic rings. The molecule has 0 spiro atoms. The zero-order valence-electron chi connectivity index (χ0n) is 25.2. The summed E-state index contributed by atoms with van der Waals surface area (Å²) in [7, 11) is -6.42. The summed E-state index contributed by atoms with van der Waals surface area (Å²) >= 11 is 0. The van der Waals surface area contributed by atoms with Gasteiger partial charge in [-0.15, -0.1) is 0 Å². The Balaban J connectivity index is 1.93. The van der Waals surface area contributed by atoms with E-state index >= 15 is 0 Å². The Hall–Kier alpha value is -2.95. The van der Waals surface area contributed by atoms with Gasteiger partial charge in [-0.25, -0.2) is 13.2 Å². The highest BCUT2D eigenvalue weighted by Gasteiger charge is 2.39. The molecule has 3 aromatic carbocycles. The molecule has 0 unspecified atom stereocenters. The summed E-state index contributed by atoms with van der Waals surface area (Å²) in [6.45, 7) is 14.1. The van der Waals surface area contributed by atoms with Crippen LogP contribution < -0.4 is 4.74 Å². The van der Waals surface area contributed by atoms with Crippen LogP contribution in [0.1, 0.15) is 63.8 Å². The summed E-state index contributed by atoms with van der Waals surface area (Å²) in [5, 5.41) is -4.72. The third-order valence-corrected chi connectivity index (χ3v) is 9.73. The fourth-order valence-electron chi connectivity index (χ4n) is 4.26. The van der Waals surface area contributed by atoms with E-state index in [-0.39, 0.29) is 10.8 Å². The predicted octanol–water partition coefficient (Wildman–Crippen LogP) is 7.05. The number of ether oxygens (including phenoxy) is 2. The Morgan fingerprint density at radius 1 is 0.786 bits per heavy atom. The van der Waals surface area contributed by atoms with E-state index in [1.54, 1.807) is 0 Å². The van der Waals surface area contributed by atoms with Gasteiger partial charge in [0.15, 0.2) is 38.0 Å². The lowest BCUT2D eigenvalue weighted by molar-refractivity contribution is -0.152. The highest BCUT2D eigenvalue weighted by Crippen LogP contribution is 2.37. The average molecular weight is 621 g/mol. The van der Waals surface area contributed by atoms with E-state index < -0.39 is 45.5 Å². The number of hydrogen-bond donors (Lipinski definition) is 0. The molecule has 3 aromatic rings. The number of esters is 1. The fraction of sp³-hybridized carbons (Fsp3) is 0.406. The number of benzene rings is 3. The van der Waals surface area contributed by atoms with Crippen molar-refractivity contribution in [3.05, 3.63) is 82.9 Å². The van der Waals surface area contributed by atoms with Gasteiger partial charge in [0.25, 0.3) is 0 Å². The molecule has 0 heterocycles. The zero-order chi connectivity index (χ0) is 31.7. The largest absolute Gasteiger partial charge is 0.743 e. The smallest absolute Gasteiger partial charge is 0.367 e. The molecule has 0 fully saturated rings. The first-order valence-corrected chi connectivity index (χ1v) is 16.0. The number of carbonyl (C=O) groups excluding carboxylic acids is 1. The predicted molar refractivity (Wildman–Crippen MR) is 159 cm³/mol. The van der Waals surface area contributed by atoms with Crippen LogP contribution in [0.4, 0.5) is 8.78 Å². The van der Waals surface area contributed by atoms with Crippen molar-refractivity contribution in [1.29, 1.82) is 0 Å². The Morgan fingerprint density at radius 2 is 1.19 bits per heavy atom. The van der Waals surface area contributed by atoms with Crippen molar-refractivity contribution in [1.82, 2.24) is 0 Å². The fourth-order valence-corrected chi connectivity index (χ4v) is 6.68. The van der Waals surface area contributed by atoms with Crippen molar-refractivity contribution >= 4 is 27.0 Å². The molecule has 0 aliphatic heterocycles. The van der Waals surface area contributed by atoms with Gasteiger partial charge in [0.05, 0.1) is 10.9 Å². The first kappa shape index (κ1) is 33.6. The highest BCUT2D eigenvalue weighted by atomic mass is 32.2. The lowest BCUT2D eigenvalue weighted by Gasteiger charge is -2.20. The monoisotopic (exact) mass is 620 g/mol. The minimum atomic E-state index is -5.96. The SMILES string of the molecule is Cc1cc([S+](c2ccc(C(C)(C)C)cc2)c2ccc(C(C)(C)C)cc2)cc(C)c1OCC(=O)OCC(F)(F)S(=O)(=O)[O-]. The second-order valence-electron chi connectivity index (χ2n) is 12.3. The van der Waals surface area contributed by atoms with Crippen LogP contribution in [-0.4, -0.2) is 37.4 Å². The Bertz CT molecular complexity index is 1440. The molecular formula is C32H38F2O6S2. The average Bonchev–Trinajstić information content (AvgIpc) is 2.86. The maximum absolute atomic E-state index is 13.3. The molecule has 0 aromatic heterocycles. The third-order valence-electron chi connectivity index (χ3n) is 6.68. The molecule has 0 radical (unpaired) electrons. The summed E-state index contributed by atoms with van der Waals surface area (Å²) in [6.07, 6.45) is 0. The molecule has 0 atom stereocenters. The first-order chi connectivity index (χ1) is 19.2. The van der Waals surface area contributed by atoms with Gasteiger partial charge in [-0.05, 0) is 71.2 Å². The number of carbonyl (C=O) groups is 1. The Kier molecular flexibility index (Phi) is 9.86. The molecule has 0 saturated heterocycles. The van der Waals surface area contributed by atoms with Gasteiger partial charge >= 0.3 is 11.2 Å². The molecule has 0 saturated carbocycles. The number of alkyl halides is 2. The van der Waals surface area contributed by atoms with Gasteiger partial charge in [0, 0.05) is 12.1 Å². The Labute approximate surface area is 250 Å². The van der Waals surface area contributed by atoms with E-state index in [1.165, 1.54) is 11.1 Å². The standard InChI is InChI=1S/C32H38F2O6S2/c1-21-17-27(18-22(2)29(21)39-19-28(35)40-20-32(33,34)42(36,37)38)41(25-13-9-23(10-14-25)30(3,4)5)26-15-11-24(12-16-26)31(6,7)8/h9-18H,19-20H2,1-8H3. The van der Waals surface area contributed by atoms with Crippen molar-refractivity contribution in [2.45, 2.75) is 86.2 Å². The van der Waals surface area contributed by atoms with Crippen molar-refractivity contribution in [2.75, 3.05) is 13.2 Å². The van der Waals surface area contributed by atoms with Crippen LogP contribution in [0.25, 0.3) is 0 Å². The van der Waals surface area contributed by atoms with Crippen molar-refractivity contribution in [3.63, 3.8) is 0 Å². The second-order valence-corrected chi connectivity index (χ2v) is 15.8. The summed E-state index contributed by atoms with van der Waals surface area (Å²) in [6, 6.07) is 21.2. The molecule has 0 amide bonds. The van der Waals surface area contributed by atoms with Gasteiger partial charge in [-0.2, -0.15) is 8.78 Å². The van der Waals surface area contributed by atoms with E-state index in [0.29, 0.717) is 5.75 Å². The van der Waals surface area contributed by atoms with Crippen molar-refractivity contribution in [2.24, 2.45) is 0 Å². The number of aryl methyl sites for hydroxylation is 2. The maximum Gasteiger partial charge on any atom is 0.367 e. The summed E-state index contributed by atoms with van der Waals surface area (Å²) in [4.78, 5) is 15.3. The molecule has 3 rings (SSSR count). The topological polar surface area (TPSA) is 92.7 Å². The molecular weight excluding hydrogens is 582 g/mol. The van der Waals surface area contributed by atoms with E-state index in [0.717, 1.165) is 25.8 Å². The number of rotatable bonds is 9. The van der Waals surface area contributed by atoms with Gasteiger partial charge < -0.3 is 14.0 Å². The zero-order valence-corrected chi connectivity index (χ0v) is 26.8. The van der Waals surface area contributed by atoms with Crippen LogP contribution in [0.2, 0.25) is 0 Å². The summed E-state index contributed by atoms with van der Waals surface area (Å²) in [5.41, 5.74) is 3.93. The highest BCUT2D eigenvalue weighted by molar-refractivity contribution is 7.97. The van der Waals surface area contributed by atoms with E-state index in [4.69, 9.17) is 4.74 Å². The summed E-state index contributed by atoms with van der Waals surface area (Å²) < 4.78 is 68.4. The Morgan fingerprint density at radius 3 is 1.55 bits per heavy atom. The molecule has 10 heteroatoms. The second kappa shape index (κ2) is 12.3. The minimum absolute atomic E-state index is 0.0119.